The minimum absolute atomic E-state index is 0.275. The normalized spacial score (nSPS) is 14.3. The average molecular weight is 437 g/mol. The number of aromatic nitrogens is 2. The molecule has 0 spiro atoms. The summed E-state index contributed by atoms with van der Waals surface area (Å²) in [6.45, 7) is 5.41. The summed E-state index contributed by atoms with van der Waals surface area (Å²) < 4.78 is 21.8. The molecule has 1 aliphatic rings. The van der Waals surface area contributed by atoms with Crippen LogP contribution >= 0.6 is 0 Å². The fraction of sp³-hybridized carbons (Fsp3) is 0.360. The summed E-state index contributed by atoms with van der Waals surface area (Å²) in [5.74, 6) is -0.0192. The Morgan fingerprint density at radius 2 is 1.94 bits per heavy atom. The molecule has 0 aliphatic carbocycles. The number of nitrogens with zero attached hydrogens (tertiary/aromatic N) is 3. The van der Waals surface area contributed by atoms with Crippen molar-refractivity contribution in [2.45, 2.75) is 26.2 Å². The van der Waals surface area contributed by atoms with Gasteiger partial charge >= 0.3 is 0 Å². The summed E-state index contributed by atoms with van der Waals surface area (Å²) in [4.78, 5) is 15.1. The smallest absolute Gasteiger partial charge is 0.255 e. The van der Waals surface area contributed by atoms with Crippen molar-refractivity contribution in [2.24, 2.45) is 7.05 Å². The summed E-state index contributed by atoms with van der Waals surface area (Å²) in [5, 5.41) is 7.13. The van der Waals surface area contributed by atoms with Gasteiger partial charge < -0.3 is 10.1 Å². The quantitative estimate of drug-likeness (QED) is 0.586. The van der Waals surface area contributed by atoms with Gasteiger partial charge in [0.2, 0.25) is 0 Å². The lowest BCUT2D eigenvalue weighted by atomic mass is 10.1. The third-order valence-electron chi connectivity index (χ3n) is 5.88. The number of carbonyl (C=O) groups excluding carboxylic acids is 1. The highest BCUT2D eigenvalue weighted by atomic mass is 19.1. The number of carbonyl (C=O) groups is 1. The van der Waals surface area contributed by atoms with Crippen LogP contribution in [0.2, 0.25) is 0 Å². The van der Waals surface area contributed by atoms with Crippen LogP contribution in [-0.4, -0.2) is 46.8 Å². The summed E-state index contributed by atoms with van der Waals surface area (Å²) in [6.07, 6.45) is 5.54. The maximum atomic E-state index is 13.9. The second-order valence-electron chi connectivity index (χ2n) is 8.22. The van der Waals surface area contributed by atoms with Crippen molar-refractivity contribution in [3.63, 3.8) is 0 Å². The fourth-order valence-corrected chi connectivity index (χ4v) is 3.98. The molecule has 2 heterocycles. The van der Waals surface area contributed by atoms with E-state index in [2.05, 4.69) is 15.3 Å². The van der Waals surface area contributed by atoms with Crippen molar-refractivity contribution in [1.82, 2.24) is 14.7 Å². The largest absolute Gasteiger partial charge is 0.492 e. The lowest BCUT2D eigenvalue weighted by Gasteiger charge is -2.26. The van der Waals surface area contributed by atoms with E-state index in [9.17, 15) is 9.18 Å². The van der Waals surface area contributed by atoms with E-state index in [1.54, 1.807) is 36.0 Å². The minimum Gasteiger partial charge on any atom is -0.492 e. The Morgan fingerprint density at radius 1 is 1.12 bits per heavy atom. The topological polar surface area (TPSA) is 59.4 Å². The van der Waals surface area contributed by atoms with Gasteiger partial charge in [0.1, 0.15) is 18.2 Å². The van der Waals surface area contributed by atoms with E-state index < -0.39 is 5.82 Å². The van der Waals surface area contributed by atoms with Gasteiger partial charge in [0, 0.05) is 36.6 Å². The zero-order valence-electron chi connectivity index (χ0n) is 18.6. The van der Waals surface area contributed by atoms with Gasteiger partial charge in [-0.2, -0.15) is 5.10 Å². The highest BCUT2D eigenvalue weighted by molar-refractivity contribution is 6.04. The van der Waals surface area contributed by atoms with Gasteiger partial charge in [-0.1, -0.05) is 12.5 Å². The van der Waals surface area contributed by atoms with Gasteiger partial charge in [-0.25, -0.2) is 4.39 Å². The Hall–Kier alpha value is -3.19. The maximum Gasteiger partial charge on any atom is 0.255 e. The summed E-state index contributed by atoms with van der Waals surface area (Å²) in [5.41, 5.74) is 3.12. The van der Waals surface area contributed by atoms with E-state index in [1.807, 2.05) is 25.2 Å². The second-order valence-corrected chi connectivity index (χ2v) is 8.22. The number of hydrogen-bond donors (Lipinski definition) is 1. The van der Waals surface area contributed by atoms with E-state index >= 15 is 0 Å². The first-order valence-electron chi connectivity index (χ1n) is 11.1. The molecule has 0 unspecified atom stereocenters. The van der Waals surface area contributed by atoms with Crippen LogP contribution in [0.25, 0.3) is 11.3 Å². The van der Waals surface area contributed by atoms with E-state index in [0.29, 0.717) is 17.9 Å². The van der Waals surface area contributed by atoms with Gasteiger partial charge in [-0.3, -0.25) is 14.4 Å². The number of anilines is 1. The highest BCUT2D eigenvalue weighted by Crippen LogP contribution is 2.32. The molecule has 7 heteroatoms. The number of ether oxygens (including phenoxy) is 1. The van der Waals surface area contributed by atoms with Crippen LogP contribution in [-0.2, 0) is 7.05 Å². The number of likely N-dealkylation sites (tertiary alicyclic amines) is 1. The van der Waals surface area contributed by atoms with Crippen LogP contribution in [0.15, 0.2) is 48.7 Å². The second kappa shape index (κ2) is 9.96. The minimum atomic E-state index is -0.398. The number of hydrogen-bond acceptors (Lipinski definition) is 4. The predicted molar refractivity (Wildman–Crippen MR) is 124 cm³/mol. The van der Waals surface area contributed by atoms with Crippen molar-refractivity contribution in [2.75, 3.05) is 31.6 Å². The molecular weight excluding hydrogens is 407 g/mol. The number of piperidine rings is 1. The van der Waals surface area contributed by atoms with Crippen molar-refractivity contribution in [3.05, 3.63) is 65.6 Å². The molecule has 2 aromatic carbocycles. The van der Waals surface area contributed by atoms with Crippen LogP contribution in [0.5, 0.6) is 5.75 Å². The first kappa shape index (κ1) is 22.0. The summed E-state index contributed by atoms with van der Waals surface area (Å²) in [7, 11) is 1.87. The SMILES string of the molecule is Cc1ccc(C(=O)Nc2ccc(OCCN3CCCCC3)c(-c3ccnn3C)c2)cc1F. The van der Waals surface area contributed by atoms with E-state index in [0.717, 1.165) is 36.6 Å². The molecule has 1 amide bonds. The van der Waals surface area contributed by atoms with Crippen LogP contribution in [0.3, 0.4) is 0 Å². The Kier molecular flexibility index (Phi) is 6.85. The van der Waals surface area contributed by atoms with Crippen LogP contribution in [0, 0.1) is 12.7 Å². The maximum absolute atomic E-state index is 13.9. The van der Waals surface area contributed by atoms with Crippen molar-refractivity contribution in [3.8, 4) is 17.0 Å². The standard InChI is InChI=1S/C25H29FN4O2/c1-18-6-7-19(16-22(18)26)25(31)28-20-8-9-24(21(17-20)23-10-11-27-29(23)2)32-15-14-30-12-4-3-5-13-30/h6-11,16-17H,3-5,12-15H2,1-2H3,(H,28,31). The molecule has 1 N–H and O–H groups in total. The molecule has 32 heavy (non-hydrogen) atoms. The molecule has 0 radical (unpaired) electrons. The van der Waals surface area contributed by atoms with Crippen molar-refractivity contribution >= 4 is 11.6 Å². The lowest BCUT2D eigenvalue weighted by molar-refractivity contribution is 0.102. The average Bonchev–Trinajstić information content (AvgIpc) is 3.23. The zero-order chi connectivity index (χ0) is 22.5. The Bertz CT molecular complexity index is 1090. The summed E-state index contributed by atoms with van der Waals surface area (Å²) in [6, 6.07) is 11.9. The fourth-order valence-electron chi connectivity index (χ4n) is 3.98. The molecule has 0 atom stereocenters. The third-order valence-corrected chi connectivity index (χ3v) is 5.88. The first-order chi connectivity index (χ1) is 15.5. The molecule has 3 aromatic rings. The Balaban J connectivity index is 1.52. The molecule has 0 bridgehead atoms. The predicted octanol–water partition coefficient (Wildman–Crippen LogP) is 4.65. The molecule has 1 aromatic heterocycles. The Labute approximate surface area is 188 Å². The number of rotatable bonds is 7. The van der Waals surface area contributed by atoms with Crippen LogP contribution in [0.4, 0.5) is 10.1 Å². The molecule has 1 aliphatic heterocycles. The highest BCUT2D eigenvalue weighted by Gasteiger charge is 2.15. The third kappa shape index (κ3) is 5.16. The molecular formula is C25H29FN4O2. The number of benzene rings is 2. The number of halogens is 1. The Morgan fingerprint density at radius 3 is 2.66 bits per heavy atom. The van der Waals surface area contributed by atoms with Gasteiger partial charge in [0.15, 0.2) is 0 Å². The summed E-state index contributed by atoms with van der Waals surface area (Å²) >= 11 is 0. The van der Waals surface area contributed by atoms with Gasteiger partial charge in [0.25, 0.3) is 5.91 Å². The molecule has 1 saturated heterocycles. The van der Waals surface area contributed by atoms with E-state index in [-0.39, 0.29) is 11.5 Å². The first-order valence-corrected chi connectivity index (χ1v) is 11.1. The van der Waals surface area contributed by atoms with Gasteiger partial charge in [-0.05, 0) is 74.8 Å². The lowest BCUT2D eigenvalue weighted by Crippen LogP contribution is -2.33. The number of amides is 1. The molecule has 6 nitrogen and oxygen atoms in total. The van der Waals surface area contributed by atoms with Crippen molar-refractivity contribution < 1.29 is 13.9 Å². The van der Waals surface area contributed by atoms with Crippen LogP contribution < -0.4 is 10.1 Å². The van der Waals surface area contributed by atoms with Crippen molar-refractivity contribution in [1.29, 1.82) is 0 Å². The van der Waals surface area contributed by atoms with E-state index in [1.165, 1.54) is 25.3 Å². The zero-order valence-corrected chi connectivity index (χ0v) is 18.6. The van der Waals surface area contributed by atoms with E-state index in [4.69, 9.17) is 4.74 Å². The van der Waals surface area contributed by atoms with Gasteiger partial charge in [0.05, 0.1) is 5.69 Å². The monoisotopic (exact) mass is 436 g/mol. The number of aryl methyl sites for hydroxylation is 2. The molecule has 4 rings (SSSR count). The number of nitrogens with one attached hydrogen (secondary N) is 1. The molecule has 1 fully saturated rings. The van der Waals surface area contributed by atoms with Gasteiger partial charge in [-0.15, -0.1) is 0 Å². The van der Waals surface area contributed by atoms with Crippen LogP contribution in [0.1, 0.15) is 35.2 Å². The molecule has 0 saturated carbocycles. The molecule has 168 valence electrons.